The van der Waals surface area contributed by atoms with Gasteiger partial charge >= 0.3 is 0 Å². The van der Waals surface area contributed by atoms with Gasteiger partial charge in [0.25, 0.3) is 0 Å². The van der Waals surface area contributed by atoms with Crippen LogP contribution in [0.3, 0.4) is 0 Å². The Balaban J connectivity index is 1.76. The van der Waals surface area contributed by atoms with Crippen LogP contribution in [0.5, 0.6) is 0 Å². The van der Waals surface area contributed by atoms with Crippen LogP contribution >= 0.6 is 0 Å². The van der Waals surface area contributed by atoms with Crippen molar-refractivity contribution < 1.29 is 4.74 Å². The molecular weight excluding hydrogens is 202 g/mol. The van der Waals surface area contributed by atoms with E-state index in [1.807, 2.05) is 0 Å². The second-order valence-corrected chi connectivity index (χ2v) is 5.03. The fourth-order valence-corrected chi connectivity index (χ4v) is 2.67. The maximum Gasteiger partial charge on any atom is 0.0632 e. The van der Waals surface area contributed by atoms with Gasteiger partial charge in [-0.15, -0.1) is 0 Å². The number of likely N-dealkylation sites (N-methyl/N-ethyl adjacent to an activating group) is 1. The molecule has 1 N–H and O–H groups in total. The molecule has 4 nitrogen and oxygen atoms in total. The minimum absolute atomic E-state index is 0.537. The molecule has 16 heavy (non-hydrogen) atoms. The van der Waals surface area contributed by atoms with Crippen molar-refractivity contribution in [2.75, 3.05) is 53.0 Å². The number of rotatable bonds is 3. The number of ether oxygens (including phenoxy) is 1. The highest BCUT2D eigenvalue weighted by atomic mass is 16.5. The minimum atomic E-state index is 0.537. The van der Waals surface area contributed by atoms with Crippen LogP contribution in [0.15, 0.2) is 0 Å². The molecule has 2 heterocycles. The van der Waals surface area contributed by atoms with Crippen LogP contribution in [0.1, 0.15) is 13.3 Å². The van der Waals surface area contributed by atoms with Gasteiger partial charge in [0.05, 0.1) is 13.2 Å². The lowest BCUT2D eigenvalue weighted by atomic mass is 10.1. The molecule has 4 heteroatoms. The Bertz CT molecular complexity index is 206. The summed E-state index contributed by atoms with van der Waals surface area (Å²) >= 11 is 0. The molecule has 0 spiro atoms. The van der Waals surface area contributed by atoms with Crippen molar-refractivity contribution in [3.63, 3.8) is 0 Å². The van der Waals surface area contributed by atoms with Gasteiger partial charge in [-0.25, -0.2) is 0 Å². The molecule has 0 amide bonds. The largest absolute Gasteiger partial charge is 0.378 e. The summed E-state index contributed by atoms with van der Waals surface area (Å²) in [6, 6.07) is 1.27. The van der Waals surface area contributed by atoms with Crippen molar-refractivity contribution in [2.45, 2.75) is 25.4 Å². The van der Waals surface area contributed by atoms with E-state index in [0.29, 0.717) is 6.04 Å². The lowest BCUT2D eigenvalue weighted by Gasteiger charge is -2.41. The topological polar surface area (TPSA) is 27.7 Å². The molecule has 2 saturated heterocycles. The average Bonchev–Trinajstić information content (AvgIpc) is 2.33. The van der Waals surface area contributed by atoms with E-state index < -0.39 is 0 Å². The molecule has 2 unspecified atom stereocenters. The van der Waals surface area contributed by atoms with Crippen LogP contribution in [0, 0.1) is 0 Å². The number of nitrogens with one attached hydrogen (secondary N) is 1. The second kappa shape index (κ2) is 5.96. The zero-order valence-corrected chi connectivity index (χ0v) is 10.6. The van der Waals surface area contributed by atoms with Crippen molar-refractivity contribution in [1.82, 2.24) is 15.1 Å². The molecule has 0 aromatic carbocycles. The van der Waals surface area contributed by atoms with E-state index in [1.54, 1.807) is 0 Å². The Hall–Kier alpha value is -0.160. The molecule has 0 aromatic heterocycles. The Morgan fingerprint density at radius 3 is 2.94 bits per heavy atom. The number of piperazine rings is 1. The van der Waals surface area contributed by atoms with Gasteiger partial charge in [-0.2, -0.15) is 0 Å². The van der Waals surface area contributed by atoms with Gasteiger partial charge in [0.1, 0.15) is 0 Å². The van der Waals surface area contributed by atoms with Gasteiger partial charge in [-0.1, -0.05) is 6.92 Å². The average molecular weight is 227 g/mol. The molecule has 2 aliphatic rings. The number of nitrogens with zero attached hydrogens (tertiary/aromatic N) is 2. The molecular formula is C12H25N3O. The third kappa shape index (κ3) is 3.17. The van der Waals surface area contributed by atoms with E-state index in [0.717, 1.165) is 32.3 Å². The summed E-state index contributed by atoms with van der Waals surface area (Å²) in [4.78, 5) is 5.07. The molecule has 94 valence electrons. The third-order valence-electron chi connectivity index (χ3n) is 3.81. The molecule has 2 aliphatic heterocycles. The first kappa shape index (κ1) is 12.3. The third-order valence-corrected chi connectivity index (χ3v) is 3.81. The van der Waals surface area contributed by atoms with E-state index in [-0.39, 0.29) is 0 Å². The van der Waals surface area contributed by atoms with Crippen molar-refractivity contribution in [2.24, 2.45) is 0 Å². The zero-order chi connectivity index (χ0) is 11.4. The van der Waals surface area contributed by atoms with Crippen molar-refractivity contribution >= 4 is 0 Å². The summed E-state index contributed by atoms with van der Waals surface area (Å²) in [5, 5.41) is 3.53. The molecule has 0 aliphatic carbocycles. The van der Waals surface area contributed by atoms with Crippen molar-refractivity contribution in [3.8, 4) is 0 Å². The Morgan fingerprint density at radius 1 is 1.38 bits per heavy atom. The Kier molecular flexibility index (Phi) is 4.58. The van der Waals surface area contributed by atoms with Crippen molar-refractivity contribution in [3.05, 3.63) is 0 Å². The van der Waals surface area contributed by atoms with Crippen molar-refractivity contribution in [1.29, 1.82) is 0 Å². The summed E-state index contributed by atoms with van der Waals surface area (Å²) in [7, 11) is 2.24. The summed E-state index contributed by atoms with van der Waals surface area (Å²) in [6.07, 6.45) is 1.25. The molecule has 0 aromatic rings. The second-order valence-electron chi connectivity index (χ2n) is 5.03. The molecule has 2 rings (SSSR count). The van der Waals surface area contributed by atoms with Crippen LogP contribution in [-0.4, -0.2) is 74.9 Å². The van der Waals surface area contributed by atoms with Crippen LogP contribution in [-0.2, 0) is 4.74 Å². The summed E-state index contributed by atoms with van der Waals surface area (Å²) < 4.78 is 5.50. The number of morpholine rings is 1. The molecule has 2 atom stereocenters. The number of hydrogen-bond acceptors (Lipinski definition) is 4. The molecule has 0 saturated carbocycles. The maximum atomic E-state index is 5.50. The summed E-state index contributed by atoms with van der Waals surface area (Å²) in [6.45, 7) is 9.80. The normalized spacial score (nSPS) is 34.1. The van der Waals surface area contributed by atoms with E-state index in [2.05, 4.69) is 29.1 Å². The highest BCUT2D eigenvalue weighted by molar-refractivity contribution is 4.82. The van der Waals surface area contributed by atoms with Gasteiger partial charge in [0, 0.05) is 44.8 Å². The van der Waals surface area contributed by atoms with Gasteiger partial charge < -0.3 is 15.0 Å². The van der Waals surface area contributed by atoms with Crippen LogP contribution < -0.4 is 5.32 Å². The highest BCUT2D eigenvalue weighted by Crippen LogP contribution is 2.11. The van der Waals surface area contributed by atoms with E-state index >= 15 is 0 Å². The fourth-order valence-electron chi connectivity index (χ4n) is 2.67. The van der Waals surface area contributed by atoms with Crippen LogP contribution in [0.4, 0.5) is 0 Å². The first-order chi connectivity index (χ1) is 7.79. The SMILES string of the molecule is CCC1CN(CC2COCCN2)CCN1C. The van der Waals surface area contributed by atoms with E-state index in [9.17, 15) is 0 Å². The molecule has 0 bridgehead atoms. The predicted octanol–water partition coefficient (Wildman–Crippen LogP) is 0.000800. The Labute approximate surface area is 98.9 Å². The Morgan fingerprint density at radius 2 is 2.25 bits per heavy atom. The summed E-state index contributed by atoms with van der Waals surface area (Å²) in [5.74, 6) is 0. The maximum absolute atomic E-state index is 5.50. The smallest absolute Gasteiger partial charge is 0.0632 e. The summed E-state index contributed by atoms with van der Waals surface area (Å²) in [5.41, 5.74) is 0. The first-order valence-electron chi connectivity index (χ1n) is 6.53. The van der Waals surface area contributed by atoms with Gasteiger partial charge in [-0.3, -0.25) is 4.90 Å². The minimum Gasteiger partial charge on any atom is -0.378 e. The van der Waals surface area contributed by atoms with E-state index in [1.165, 1.54) is 26.1 Å². The quantitative estimate of drug-likeness (QED) is 0.734. The van der Waals surface area contributed by atoms with E-state index in [4.69, 9.17) is 4.74 Å². The highest BCUT2D eigenvalue weighted by Gasteiger charge is 2.25. The van der Waals surface area contributed by atoms with Gasteiger partial charge in [-0.05, 0) is 13.5 Å². The predicted molar refractivity (Wildman–Crippen MR) is 65.8 cm³/mol. The lowest BCUT2D eigenvalue weighted by molar-refractivity contribution is 0.0399. The number of hydrogen-bond donors (Lipinski definition) is 1. The van der Waals surface area contributed by atoms with Crippen LogP contribution in [0.2, 0.25) is 0 Å². The van der Waals surface area contributed by atoms with Crippen LogP contribution in [0.25, 0.3) is 0 Å². The monoisotopic (exact) mass is 227 g/mol. The molecule has 0 radical (unpaired) electrons. The first-order valence-corrected chi connectivity index (χ1v) is 6.53. The van der Waals surface area contributed by atoms with Gasteiger partial charge in [0.15, 0.2) is 0 Å². The van der Waals surface area contributed by atoms with Gasteiger partial charge in [0.2, 0.25) is 0 Å². The lowest BCUT2D eigenvalue weighted by Crippen LogP contribution is -2.56. The molecule has 2 fully saturated rings. The zero-order valence-electron chi connectivity index (χ0n) is 10.6. The standard InChI is InChI=1S/C12H25N3O/c1-3-12-9-15(6-5-14(12)2)8-11-10-16-7-4-13-11/h11-13H,3-10H2,1-2H3. The fraction of sp³-hybridized carbons (Fsp3) is 1.00.